The highest BCUT2D eigenvalue weighted by Gasteiger charge is 2.10. The lowest BCUT2D eigenvalue weighted by atomic mass is 10.1. The molecule has 0 atom stereocenters. The van der Waals surface area contributed by atoms with E-state index in [2.05, 4.69) is 10.6 Å². The molecule has 0 saturated heterocycles. The van der Waals surface area contributed by atoms with Crippen LogP contribution in [0.25, 0.3) is 0 Å². The van der Waals surface area contributed by atoms with Crippen LogP contribution in [0, 0.1) is 13.8 Å². The number of benzene rings is 2. The number of carboxylic acids is 1. The highest BCUT2D eigenvalue weighted by Crippen LogP contribution is 2.26. The molecule has 2 rings (SSSR count). The Bertz CT molecular complexity index is 760. The van der Waals surface area contributed by atoms with Crippen molar-refractivity contribution >= 4 is 23.4 Å². The molecule has 0 bridgehead atoms. The molecule has 0 aliphatic heterocycles. The van der Waals surface area contributed by atoms with E-state index >= 15 is 0 Å². The van der Waals surface area contributed by atoms with Gasteiger partial charge in [0.1, 0.15) is 0 Å². The lowest BCUT2D eigenvalue weighted by Gasteiger charge is -2.18. The van der Waals surface area contributed by atoms with E-state index in [1.165, 1.54) is 12.1 Å². The van der Waals surface area contributed by atoms with Crippen molar-refractivity contribution in [1.29, 1.82) is 0 Å². The van der Waals surface area contributed by atoms with Gasteiger partial charge in [0.05, 0.1) is 5.56 Å². The van der Waals surface area contributed by atoms with Crippen molar-refractivity contribution in [3.63, 3.8) is 0 Å². The molecule has 0 saturated carbocycles. The van der Waals surface area contributed by atoms with E-state index in [-0.39, 0.29) is 11.6 Å². The summed E-state index contributed by atoms with van der Waals surface area (Å²) in [6.45, 7) is 4.24. The zero-order chi connectivity index (χ0) is 18.6. The van der Waals surface area contributed by atoms with Crippen LogP contribution in [0.4, 0.5) is 16.2 Å². The Labute approximate surface area is 147 Å². The number of anilines is 2. The number of carbonyl (C=O) groups excluding carboxylic acids is 1. The monoisotopic (exact) mass is 341 g/mol. The lowest BCUT2D eigenvalue weighted by molar-refractivity contribution is 0.0697. The number of amides is 2. The van der Waals surface area contributed by atoms with Gasteiger partial charge in [-0.25, -0.2) is 9.59 Å². The van der Waals surface area contributed by atoms with Crippen LogP contribution in [-0.2, 0) is 6.54 Å². The molecule has 25 heavy (non-hydrogen) atoms. The maximum Gasteiger partial charge on any atom is 0.335 e. The SMILES string of the molecule is Cc1cc(N(C)C)cc(C)c1NC(=O)NCc1ccc(C(=O)O)cc1. The number of nitrogens with zero attached hydrogens (tertiary/aromatic N) is 1. The van der Waals surface area contributed by atoms with Crippen LogP contribution in [0.3, 0.4) is 0 Å². The third-order valence-corrected chi connectivity index (χ3v) is 3.93. The number of carboxylic acid groups (broad SMARTS) is 1. The molecule has 0 radical (unpaired) electrons. The van der Waals surface area contributed by atoms with Crippen LogP contribution in [0.15, 0.2) is 36.4 Å². The van der Waals surface area contributed by atoms with E-state index < -0.39 is 5.97 Å². The van der Waals surface area contributed by atoms with Gasteiger partial charge in [0.2, 0.25) is 0 Å². The number of urea groups is 1. The van der Waals surface area contributed by atoms with Gasteiger partial charge in [-0.1, -0.05) is 12.1 Å². The summed E-state index contributed by atoms with van der Waals surface area (Å²) in [6, 6.07) is 10.2. The summed E-state index contributed by atoms with van der Waals surface area (Å²) in [4.78, 5) is 25.0. The Balaban J connectivity index is 1.99. The summed E-state index contributed by atoms with van der Waals surface area (Å²) >= 11 is 0. The number of hydrogen-bond donors (Lipinski definition) is 3. The summed E-state index contributed by atoms with van der Waals surface area (Å²) in [5.41, 5.74) is 4.91. The van der Waals surface area contributed by atoms with Crippen molar-refractivity contribution in [2.24, 2.45) is 0 Å². The van der Waals surface area contributed by atoms with Crippen LogP contribution in [-0.4, -0.2) is 31.2 Å². The summed E-state index contributed by atoms with van der Waals surface area (Å²) in [7, 11) is 3.95. The Morgan fingerprint density at radius 2 is 1.60 bits per heavy atom. The maximum absolute atomic E-state index is 12.2. The van der Waals surface area contributed by atoms with Crippen molar-refractivity contribution in [2.75, 3.05) is 24.3 Å². The molecule has 2 aromatic carbocycles. The minimum Gasteiger partial charge on any atom is -0.478 e. The average Bonchev–Trinajstić information content (AvgIpc) is 2.56. The van der Waals surface area contributed by atoms with E-state index in [9.17, 15) is 9.59 Å². The standard InChI is InChI=1S/C19H23N3O3/c1-12-9-16(22(3)4)10-13(2)17(12)21-19(25)20-11-14-5-7-15(8-6-14)18(23)24/h5-10H,11H2,1-4H3,(H,23,24)(H2,20,21,25). The van der Waals surface area contributed by atoms with E-state index in [0.717, 1.165) is 28.1 Å². The van der Waals surface area contributed by atoms with E-state index in [4.69, 9.17) is 5.11 Å². The minimum absolute atomic E-state index is 0.223. The van der Waals surface area contributed by atoms with Crippen LogP contribution < -0.4 is 15.5 Å². The van der Waals surface area contributed by atoms with E-state index in [1.54, 1.807) is 12.1 Å². The van der Waals surface area contributed by atoms with Crippen molar-refractivity contribution in [3.05, 3.63) is 58.7 Å². The fraction of sp³-hybridized carbons (Fsp3) is 0.263. The van der Waals surface area contributed by atoms with Crippen LogP contribution in [0.1, 0.15) is 27.0 Å². The topological polar surface area (TPSA) is 81.7 Å². The first-order valence-corrected chi connectivity index (χ1v) is 7.93. The largest absolute Gasteiger partial charge is 0.478 e. The predicted octanol–water partition coefficient (Wildman–Crippen LogP) is 3.39. The Hall–Kier alpha value is -3.02. The smallest absolute Gasteiger partial charge is 0.335 e. The van der Waals surface area contributed by atoms with Crippen molar-refractivity contribution in [2.45, 2.75) is 20.4 Å². The van der Waals surface area contributed by atoms with Crippen molar-refractivity contribution in [1.82, 2.24) is 5.32 Å². The van der Waals surface area contributed by atoms with Gasteiger partial charge in [-0.15, -0.1) is 0 Å². The zero-order valence-electron chi connectivity index (χ0n) is 14.9. The summed E-state index contributed by atoms with van der Waals surface area (Å²) in [6.07, 6.45) is 0. The van der Waals surface area contributed by atoms with Gasteiger partial charge in [-0.2, -0.15) is 0 Å². The Morgan fingerprint density at radius 3 is 2.08 bits per heavy atom. The molecule has 0 heterocycles. The number of nitrogens with one attached hydrogen (secondary N) is 2. The van der Waals surface area contributed by atoms with E-state index in [0.29, 0.717) is 6.54 Å². The second-order valence-corrected chi connectivity index (χ2v) is 6.16. The lowest BCUT2D eigenvalue weighted by Crippen LogP contribution is -2.29. The molecule has 132 valence electrons. The first kappa shape index (κ1) is 18.3. The van der Waals surface area contributed by atoms with Gasteiger partial charge in [-0.05, 0) is 54.8 Å². The molecule has 0 fully saturated rings. The van der Waals surface area contributed by atoms with Crippen LogP contribution in [0.2, 0.25) is 0 Å². The second-order valence-electron chi connectivity index (χ2n) is 6.16. The van der Waals surface area contributed by atoms with Gasteiger partial charge < -0.3 is 20.6 Å². The molecular weight excluding hydrogens is 318 g/mol. The molecule has 2 aromatic rings. The molecule has 0 aliphatic carbocycles. The fourth-order valence-corrected chi connectivity index (χ4v) is 2.50. The molecule has 0 aromatic heterocycles. The average molecular weight is 341 g/mol. The van der Waals surface area contributed by atoms with Crippen LogP contribution in [0.5, 0.6) is 0 Å². The minimum atomic E-state index is -0.968. The van der Waals surface area contributed by atoms with Gasteiger partial charge >= 0.3 is 12.0 Å². The Morgan fingerprint density at radius 1 is 1.04 bits per heavy atom. The first-order valence-electron chi connectivity index (χ1n) is 7.93. The third kappa shape index (κ3) is 4.73. The molecule has 2 amide bonds. The molecule has 6 heteroatoms. The van der Waals surface area contributed by atoms with Gasteiger partial charge in [-0.3, -0.25) is 0 Å². The molecule has 6 nitrogen and oxygen atoms in total. The molecule has 3 N–H and O–H groups in total. The zero-order valence-corrected chi connectivity index (χ0v) is 14.9. The number of aromatic carboxylic acids is 1. The highest BCUT2D eigenvalue weighted by atomic mass is 16.4. The van der Waals surface area contributed by atoms with Gasteiger partial charge in [0.25, 0.3) is 0 Å². The number of aryl methyl sites for hydroxylation is 2. The summed E-state index contributed by atoms with van der Waals surface area (Å²) < 4.78 is 0. The highest BCUT2D eigenvalue weighted by molar-refractivity contribution is 5.91. The van der Waals surface area contributed by atoms with E-state index in [1.807, 2.05) is 45.0 Å². The molecular formula is C19H23N3O3. The number of rotatable bonds is 5. The molecule has 0 spiro atoms. The summed E-state index contributed by atoms with van der Waals surface area (Å²) in [5.74, 6) is -0.968. The van der Waals surface area contributed by atoms with Crippen molar-refractivity contribution < 1.29 is 14.7 Å². The second kappa shape index (κ2) is 7.70. The molecule has 0 unspecified atom stereocenters. The summed E-state index contributed by atoms with van der Waals surface area (Å²) in [5, 5.41) is 14.5. The van der Waals surface area contributed by atoms with Crippen LogP contribution >= 0.6 is 0 Å². The Kier molecular flexibility index (Phi) is 5.64. The first-order chi connectivity index (χ1) is 11.8. The third-order valence-electron chi connectivity index (χ3n) is 3.93. The quantitative estimate of drug-likeness (QED) is 0.778. The maximum atomic E-state index is 12.2. The van der Waals surface area contributed by atoms with Gasteiger partial charge in [0.15, 0.2) is 0 Å². The normalized spacial score (nSPS) is 10.2. The van der Waals surface area contributed by atoms with Crippen molar-refractivity contribution in [3.8, 4) is 0 Å². The number of carbonyl (C=O) groups is 2. The number of hydrogen-bond acceptors (Lipinski definition) is 3. The van der Waals surface area contributed by atoms with Gasteiger partial charge in [0, 0.05) is 32.0 Å². The molecule has 0 aliphatic rings. The fourth-order valence-electron chi connectivity index (χ4n) is 2.50. The predicted molar refractivity (Wildman–Crippen MR) is 99.5 cm³/mol.